The molecule has 138 valence electrons. The number of nitrogens with zero attached hydrogens (tertiary/aromatic N) is 1. The van der Waals surface area contributed by atoms with Crippen molar-refractivity contribution in [2.24, 2.45) is 0 Å². The quantitative estimate of drug-likeness (QED) is 0.501. The summed E-state index contributed by atoms with van der Waals surface area (Å²) >= 11 is 1.22. The zero-order chi connectivity index (χ0) is 19.2. The number of aryl methyl sites for hydroxylation is 1. The maximum absolute atomic E-state index is 12.4. The lowest BCUT2D eigenvalue weighted by Gasteiger charge is -2.11. The minimum atomic E-state index is -0.154. The SMILES string of the molecule is CCc1nc(SCC(=O)Nc2ccccc2-c2ccccc2)[nH]c(=O)c1C. The van der Waals surface area contributed by atoms with Gasteiger partial charge in [0.2, 0.25) is 5.91 Å². The van der Waals surface area contributed by atoms with Crippen LogP contribution < -0.4 is 10.9 Å². The molecule has 1 heterocycles. The van der Waals surface area contributed by atoms with Crippen molar-refractivity contribution in [1.29, 1.82) is 0 Å². The molecule has 0 aliphatic carbocycles. The van der Waals surface area contributed by atoms with Crippen LogP contribution >= 0.6 is 11.8 Å². The van der Waals surface area contributed by atoms with Crippen LogP contribution in [0.25, 0.3) is 11.1 Å². The van der Waals surface area contributed by atoms with Crippen LogP contribution in [0.4, 0.5) is 5.69 Å². The molecule has 0 fully saturated rings. The number of H-pyrrole nitrogens is 1. The number of rotatable bonds is 6. The van der Waals surface area contributed by atoms with Gasteiger partial charge in [-0.1, -0.05) is 67.2 Å². The monoisotopic (exact) mass is 379 g/mol. The lowest BCUT2D eigenvalue weighted by atomic mass is 10.0. The molecule has 0 spiro atoms. The maximum atomic E-state index is 12.4. The van der Waals surface area contributed by atoms with Crippen molar-refractivity contribution in [3.05, 3.63) is 76.2 Å². The number of benzene rings is 2. The Balaban J connectivity index is 1.71. The van der Waals surface area contributed by atoms with Crippen molar-refractivity contribution in [1.82, 2.24) is 9.97 Å². The molecule has 0 saturated heterocycles. The molecular weight excluding hydrogens is 358 g/mol. The standard InChI is InChI=1S/C21H21N3O2S/c1-3-17-14(2)20(26)24-21(23-17)27-13-19(25)22-18-12-8-7-11-16(18)15-9-5-4-6-10-15/h4-12H,3,13H2,1-2H3,(H,22,25)(H,23,24,26). The highest BCUT2D eigenvalue weighted by molar-refractivity contribution is 7.99. The summed E-state index contributed by atoms with van der Waals surface area (Å²) in [4.78, 5) is 31.5. The molecule has 1 aromatic heterocycles. The van der Waals surface area contributed by atoms with Gasteiger partial charge in [0.15, 0.2) is 5.16 Å². The molecule has 3 aromatic rings. The molecule has 0 aliphatic heterocycles. The summed E-state index contributed by atoms with van der Waals surface area (Å²) in [6.45, 7) is 3.71. The highest BCUT2D eigenvalue weighted by Crippen LogP contribution is 2.27. The number of hydrogen-bond acceptors (Lipinski definition) is 4. The van der Waals surface area contributed by atoms with Gasteiger partial charge in [-0.25, -0.2) is 4.98 Å². The van der Waals surface area contributed by atoms with Gasteiger partial charge in [0.05, 0.1) is 11.4 Å². The maximum Gasteiger partial charge on any atom is 0.254 e. The van der Waals surface area contributed by atoms with E-state index in [2.05, 4.69) is 15.3 Å². The Hall–Kier alpha value is -2.86. The predicted molar refractivity (Wildman–Crippen MR) is 110 cm³/mol. The Bertz CT molecular complexity index is 1000. The van der Waals surface area contributed by atoms with Crippen LogP contribution in [0, 0.1) is 6.92 Å². The normalized spacial score (nSPS) is 10.6. The fourth-order valence-corrected chi connectivity index (χ4v) is 3.43. The van der Waals surface area contributed by atoms with Gasteiger partial charge in [-0.15, -0.1) is 0 Å². The van der Waals surface area contributed by atoms with Crippen LogP contribution in [-0.2, 0) is 11.2 Å². The van der Waals surface area contributed by atoms with Gasteiger partial charge in [0.1, 0.15) is 0 Å². The fourth-order valence-electron chi connectivity index (χ4n) is 2.75. The van der Waals surface area contributed by atoms with Crippen LogP contribution in [0.1, 0.15) is 18.2 Å². The van der Waals surface area contributed by atoms with Gasteiger partial charge in [-0.3, -0.25) is 9.59 Å². The van der Waals surface area contributed by atoms with E-state index in [0.717, 1.165) is 22.5 Å². The van der Waals surface area contributed by atoms with E-state index in [4.69, 9.17) is 0 Å². The molecular formula is C21H21N3O2S. The lowest BCUT2D eigenvalue weighted by Crippen LogP contribution is -2.18. The topological polar surface area (TPSA) is 74.8 Å². The Labute approximate surface area is 162 Å². The number of carbonyl (C=O) groups excluding carboxylic acids is 1. The van der Waals surface area contributed by atoms with Gasteiger partial charge >= 0.3 is 0 Å². The Morgan fingerprint density at radius 1 is 1.11 bits per heavy atom. The Morgan fingerprint density at radius 2 is 1.81 bits per heavy atom. The van der Waals surface area contributed by atoms with Gasteiger partial charge < -0.3 is 10.3 Å². The summed E-state index contributed by atoms with van der Waals surface area (Å²) in [5.41, 5.74) is 4.00. The Morgan fingerprint density at radius 3 is 2.56 bits per heavy atom. The summed E-state index contributed by atoms with van der Waals surface area (Å²) in [7, 11) is 0. The van der Waals surface area contributed by atoms with Crippen molar-refractivity contribution in [3.8, 4) is 11.1 Å². The molecule has 0 unspecified atom stereocenters. The van der Waals surface area contributed by atoms with E-state index in [-0.39, 0.29) is 17.2 Å². The number of nitrogens with one attached hydrogen (secondary N) is 2. The average molecular weight is 379 g/mol. The van der Waals surface area contributed by atoms with Gasteiger partial charge in [-0.05, 0) is 25.0 Å². The van der Waals surface area contributed by atoms with E-state index >= 15 is 0 Å². The molecule has 6 heteroatoms. The van der Waals surface area contributed by atoms with Crippen molar-refractivity contribution in [3.63, 3.8) is 0 Å². The summed E-state index contributed by atoms with van der Waals surface area (Å²) < 4.78 is 0. The third kappa shape index (κ3) is 4.65. The molecule has 1 amide bonds. The summed E-state index contributed by atoms with van der Waals surface area (Å²) in [5, 5.41) is 3.42. The van der Waals surface area contributed by atoms with Crippen LogP contribution in [0.15, 0.2) is 64.5 Å². The second kappa shape index (κ2) is 8.68. The minimum Gasteiger partial charge on any atom is -0.325 e. The van der Waals surface area contributed by atoms with Crippen LogP contribution in [0.3, 0.4) is 0 Å². The highest BCUT2D eigenvalue weighted by Gasteiger charge is 2.11. The molecule has 0 radical (unpaired) electrons. The number of aromatic amines is 1. The first kappa shape index (κ1) is 18.9. The first-order chi connectivity index (χ1) is 13.1. The summed E-state index contributed by atoms with van der Waals surface area (Å²) in [6, 6.07) is 17.6. The van der Waals surface area contributed by atoms with E-state index in [0.29, 0.717) is 17.1 Å². The van der Waals surface area contributed by atoms with Crippen molar-refractivity contribution in [2.45, 2.75) is 25.4 Å². The molecule has 2 N–H and O–H groups in total. The molecule has 3 rings (SSSR count). The summed E-state index contributed by atoms with van der Waals surface area (Å²) in [5.74, 6) is 0.0165. The molecule has 0 saturated carbocycles. The number of para-hydroxylation sites is 1. The van der Waals surface area contributed by atoms with E-state index < -0.39 is 0 Å². The number of amides is 1. The molecule has 5 nitrogen and oxygen atoms in total. The third-order valence-electron chi connectivity index (χ3n) is 4.19. The molecule has 0 bridgehead atoms. The predicted octanol–water partition coefficient (Wildman–Crippen LogP) is 4.04. The fraction of sp³-hybridized carbons (Fsp3) is 0.190. The first-order valence-electron chi connectivity index (χ1n) is 8.75. The number of anilines is 1. The van der Waals surface area contributed by atoms with Crippen LogP contribution in [-0.4, -0.2) is 21.6 Å². The van der Waals surface area contributed by atoms with E-state index in [1.165, 1.54) is 11.8 Å². The van der Waals surface area contributed by atoms with E-state index in [1.807, 2.05) is 61.5 Å². The highest BCUT2D eigenvalue weighted by atomic mass is 32.2. The largest absolute Gasteiger partial charge is 0.325 e. The second-order valence-corrected chi connectivity index (χ2v) is 7.01. The zero-order valence-corrected chi connectivity index (χ0v) is 16.1. The molecule has 2 aromatic carbocycles. The molecule has 27 heavy (non-hydrogen) atoms. The van der Waals surface area contributed by atoms with Crippen molar-refractivity contribution >= 4 is 23.4 Å². The van der Waals surface area contributed by atoms with Crippen molar-refractivity contribution < 1.29 is 4.79 Å². The number of aromatic nitrogens is 2. The first-order valence-corrected chi connectivity index (χ1v) is 9.74. The lowest BCUT2D eigenvalue weighted by molar-refractivity contribution is -0.113. The van der Waals surface area contributed by atoms with Crippen LogP contribution in [0.2, 0.25) is 0 Å². The number of carbonyl (C=O) groups is 1. The minimum absolute atomic E-state index is 0.148. The molecule has 0 aliphatic rings. The average Bonchev–Trinajstić information content (AvgIpc) is 2.70. The van der Waals surface area contributed by atoms with Gasteiger partial charge in [0, 0.05) is 16.8 Å². The van der Waals surface area contributed by atoms with Crippen molar-refractivity contribution in [2.75, 3.05) is 11.1 Å². The smallest absolute Gasteiger partial charge is 0.254 e. The summed E-state index contributed by atoms with van der Waals surface area (Å²) in [6.07, 6.45) is 0.681. The van der Waals surface area contributed by atoms with E-state index in [1.54, 1.807) is 6.92 Å². The molecule has 0 atom stereocenters. The second-order valence-electron chi connectivity index (χ2n) is 6.04. The third-order valence-corrected chi connectivity index (χ3v) is 5.06. The number of thioether (sulfide) groups is 1. The Kier molecular flexibility index (Phi) is 6.08. The van der Waals surface area contributed by atoms with E-state index in [9.17, 15) is 9.59 Å². The zero-order valence-electron chi connectivity index (χ0n) is 15.3. The van der Waals surface area contributed by atoms with Crippen LogP contribution in [0.5, 0.6) is 0 Å². The van der Waals surface area contributed by atoms with Gasteiger partial charge in [0.25, 0.3) is 5.56 Å². The number of hydrogen-bond donors (Lipinski definition) is 2. The van der Waals surface area contributed by atoms with Gasteiger partial charge in [-0.2, -0.15) is 0 Å².